The first-order valence-electron chi connectivity index (χ1n) is 11.8. The molecular weight excluding hydrogens is 399 g/mol. The van der Waals surface area contributed by atoms with Crippen LogP contribution in [0.1, 0.15) is 108 Å². The molecule has 1 atom stereocenters. The highest BCUT2D eigenvalue weighted by atomic mass is 31.2. The quantitative estimate of drug-likeness (QED) is 0.101. The van der Waals surface area contributed by atoms with Gasteiger partial charge in [-0.05, 0) is 44.2 Å². The van der Waals surface area contributed by atoms with Crippen molar-refractivity contribution in [3.05, 3.63) is 35.4 Å². The number of rotatable bonds is 19. The van der Waals surface area contributed by atoms with Gasteiger partial charge in [0, 0.05) is 0 Å². The predicted octanol–water partition coefficient (Wildman–Crippen LogP) is 7.43. The van der Waals surface area contributed by atoms with Crippen molar-refractivity contribution in [2.45, 2.75) is 116 Å². The van der Waals surface area contributed by atoms with Gasteiger partial charge in [-0.15, -0.1) is 4.67 Å². The van der Waals surface area contributed by atoms with Crippen molar-refractivity contribution in [2.24, 2.45) is 0 Å². The lowest BCUT2D eigenvalue weighted by molar-refractivity contribution is -0.254. The molecule has 0 heterocycles. The van der Waals surface area contributed by atoms with Crippen molar-refractivity contribution in [2.75, 3.05) is 0 Å². The fraction of sp³-hybridized carbons (Fsp3) is 0.750. The summed E-state index contributed by atoms with van der Waals surface area (Å²) in [4.78, 5) is 21.8. The van der Waals surface area contributed by atoms with Crippen molar-refractivity contribution in [3.63, 3.8) is 0 Å². The molecule has 5 nitrogen and oxygen atoms in total. The Hall–Kier alpha value is -0.710. The topological polar surface area (TPSA) is 76.0 Å². The average Bonchev–Trinajstić information content (AvgIpc) is 2.70. The van der Waals surface area contributed by atoms with E-state index in [1.807, 2.05) is 0 Å². The minimum Gasteiger partial charge on any atom is -0.301 e. The van der Waals surface area contributed by atoms with Crippen LogP contribution < -0.4 is 0 Å². The molecule has 174 valence electrons. The maximum absolute atomic E-state index is 10.5. The van der Waals surface area contributed by atoms with E-state index in [2.05, 4.69) is 40.8 Å². The first-order valence-corrected chi connectivity index (χ1v) is 13.4. The summed E-state index contributed by atoms with van der Waals surface area (Å²) in [7, 11) is -4.53. The summed E-state index contributed by atoms with van der Waals surface area (Å²) in [5.41, 5.74) is 2.93. The zero-order chi connectivity index (χ0) is 22.1. The molecule has 0 aliphatic rings. The van der Waals surface area contributed by atoms with Gasteiger partial charge in [0.25, 0.3) is 0 Å². The molecule has 0 radical (unpaired) electrons. The van der Waals surface area contributed by atoms with E-state index in [-0.39, 0.29) is 6.10 Å². The molecule has 0 fully saturated rings. The van der Waals surface area contributed by atoms with Gasteiger partial charge >= 0.3 is 7.82 Å². The highest BCUT2D eigenvalue weighted by molar-refractivity contribution is 7.46. The molecule has 1 aromatic rings. The predicted molar refractivity (Wildman–Crippen MR) is 123 cm³/mol. The van der Waals surface area contributed by atoms with Crippen molar-refractivity contribution < 1.29 is 23.9 Å². The maximum Gasteiger partial charge on any atom is 0.496 e. The van der Waals surface area contributed by atoms with Crippen LogP contribution in [0.2, 0.25) is 0 Å². The monoisotopic (exact) mass is 442 g/mol. The number of hydrogen-bond donors (Lipinski definition) is 2. The van der Waals surface area contributed by atoms with Crippen molar-refractivity contribution in [3.8, 4) is 0 Å². The molecule has 1 rings (SSSR count). The third kappa shape index (κ3) is 16.0. The zero-order valence-corrected chi connectivity index (χ0v) is 20.0. The van der Waals surface area contributed by atoms with Crippen LogP contribution in [-0.4, -0.2) is 15.9 Å². The summed E-state index contributed by atoms with van der Waals surface area (Å²) >= 11 is 0. The Bertz CT molecular complexity index is 587. The first-order chi connectivity index (χ1) is 14.4. The number of benzene rings is 1. The highest BCUT2D eigenvalue weighted by Gasteiger charge is 2.17. The molecule has 0 amide bonds. The van der Waals surface area contributed by atoms with Crippen LogP contribution in [0, 0.1) is 6.92 Å². The normalized spacial score (nSPS) is 12.9. The Morgan fingerprint density at radius 1 is 0.800 bits per heavy atom. The fourth-order valence-electron chi connectivity index (χ4n) is 3.76. The summed E-state index contributed by atoms with van der Waals surface area (Å²) in [6, 6.07) is 8.73. The molecule has 2 N–H and O–H groups in total. The molecule has 0 saturated heterocycles. The Balaban J connectivity index is 1.78. The van der Waals surface area contributed by atoms with E-state index < -0.39 is 7.82 Å². The van der Waals surface area contributed by atoms with Gasteiger partial charge < -0.3 is 9.79 Å². The smallest absolute Gasteiger partial charge is 0.301 e. The molecule has 0 aliphatic heterocycles. The highest BCUT2D eigenvalue weighted by Crippen LogP contribution is 2.36. The number of aryl methyl sites for hydroxylation is 2. The van der Waals surface area contributed by atoms with Gasteiger partial charge in [0.1, 0.15) is 0 Å². The minimum atomic E-state index is -4.53. The molecule has 0 saturated carbocycles. The lowest BCUT2D eigenvalue weighted by atomic mass is 10.0. The second kappa shape index (κ2) is 16.9. The van der Waals surface area contributed by atoms with Gasteiger partial charge in [-0.1, -0.05) is 101 Å². The van der Waals surface area contributed by atoms with E-state index in [9.17, 15) is 4.57 Å². The number of hydrogen-bond acceptors (Lipinski definition) is 3. The van der Waals surface area contributed by atoms with Crippen molar-refractivity contribution in [1.29, 1.82) is 0 Å². The molecule has 1 aromatic carbocycles. The molecule has 0 bridgehead atoms. The second-order valence-corrected chi connectivity index (χ2v) is 9.66. The van der Waals surface area contributed by atoms with Crippen LogP contribution in [0.15, 0.2) is 24.3 Å². The summed E-state index contributed by atoms with van der Waals surface area (Å²) in [6.07, 6.45) is 18.4. The first kappa shape index (κ1) is 27.3. The molecule has 0 aromatic heterocycles. The Kier molecular flexibility index (Phi) is 15.4. The summed E-state index contributed by atoms with van der Waals surface area (Å²) in [5, 5.41) is 0. The van der Waals surface area contributed by atoms with E-state index in [0.717, 1.165) is 19.3 Å². The Morgan fingerprint density at radius 2 is 1.27 bits per heavy atom. The van der Waals surface area contributed by atoms with E-state index in [4.69, 9.17) is 9.79 Å². The van der Waals surface area contributed by atoms with E-state index in [0.29, 0.717) is 0 Å². The van der Waals surface area contributed by atoms with Gasteiger partial charge in [-0.2, -0.15) is 0 Å². The SMILES string of the molecule is Cc1ccccc1CCCCCCCCCCCCCCCC(C)OOP(=O)(O)O. The van der Waals surface area contributed by atoms with Gasteiger partial charge in [-0.3, -0.25) is 0 Å². The second-order valence-electron chi connectivity index (χ2n) is 8.53. The Labute approximate surface area is 183 Å². The van der Waals surface area contributed by atoms with Gasteiger partial charge in [-0.25, -0.2) is 9.45 Å². The van der Waals surface area contributed by atoms with E-state index in [1.54, 1.807) is 6.92 Å². The van der Waals surface area contributed by atoms with E-state index >= 15 is 0 Å². The minimum absolute atomic E-state index is 0.292. The summed E-state index contributed by atoms with van der Waals surface area (Å²) < 4.78 is 14.6. The third-order valence-electron chi connectivity index (χ3n) is 5.62. The number of unbranched alkanes of at least 4 members (excludes halogenated alkanes) is 12. The van der Waals surface area contributed by atoms with E-state index in [1.165, 1.54) is 88.2 Å². The number of phosphoric acid groups is 1. The standard InChI is InChI=1S/C24H43O5P/c1-22-18-16-17-21-24(22)20-15-13-11-9-7-5-3-4-6-8-10-12-14-19-23(2)28-29-30(25,26)27/h16-18,21,23H,3-15,19-20H2,1-2H3,(H2,25,26,27). The van der Waals surface area contributed by atoms with Crippen LogP contribution in [0.25, 0.3) is 0 Å². The van der Waals surface area contributed by atoms with Crippen LogP contribution >= 0.6 is 7.82 Å². The maximum atomic E-state index is 10.5. The Morgan fingerprint density at radius 3 is 1.77 bits per heavy atom. The van der Waals surface area contributed by atoms with Crippen LogP contribution in [0.3, 0.4) is 0 Å². The molecular formula is C24H43O5P. The largest absolute Gasteiger partial charge is 0.496 e. The zero-order valence-electron chi connectivity index (χ0n) is 19.1. The lowest BCUT2D eigenvalue weighted by Crippen LogP contribution is -2.07. The van der Waals surface area contributed by atoms with Gasteiger partial charge in [0.2, 0.25) is 0 Å². The molecule has 0 spiro atoms. The third-order valence-corrected chi connectivity index (χ3v) is 5.90. The summed E-state index contributed by atoms with van der Waals surface area (Å²) in [5.74, 6) is 0. The molecule has 30 heavy (non-hydrogen) atoms. The van der Waals surface area contributed by atoms with Gasteiger partial charge in [0.05, 0.1) is 6.10 Å². The lowest BCUT2D eigenvalue weighted by Gasteiger charge is -2.11. The van der Waals surface area contributed by atoms with Gasteiger partial charge in [0.15, 0.2) is 0 Å². The molecule has 0 aliphatic carbocycles. The van der Waals surface area contributed by atoms with Crippen molar-refractivity contribution in [1.82, 2.24) is 0 Å². The van der Waals surface area contributed by atoms with Crippen LogP contribution in [-0.2, 0) is 20.5 Å². The fourth-order valence-corrected chi connectivity index (χ4v) is 4.02. The van der Waals surface area contributed by atoms with Crippen molar-refractivity contribution >= 4 is 7.82 Å². The average molecular weight is 443 g/mol. The van der Waals surface area contributed by atoms with Crippen LogP contribution in [0.5, 0.6) is 0 Å². The summed E-state index contributed by atoms with van der Waals surface area (Å²) in [6.45, 7) is 3.97. The molecule has 1 unspecified atom stereocenters. The van der Waals surface area contributed by atoms with Crippen LogP contribution in [0.4, 0.5) is 0 Å². The molecule has 6 heteroatoms.